The summed E-state index contributed by atoms with van der Waals surface area (Å²) in [6, 6.07) is 0. The van der Waals surface area contributed by atoms with Crippen LogP contribution >= 0.6 is 0 Å². The first-order valence-electron chi connectivity index (χ1n) is 5.43. The zero-order valence-corrected chi connectivity index (χ0v) is 10.4. The summed E-state index contributed by atoms with van der Waals surface area (Å²) in [5.41, 5.74) is 7.52. The molecule has 0 saturated heterocycles. The molecule has 1 aromatic heterocycles. The molecule has 0 atom stereocenters. The van der Waals surface area contributed by atoms with Crippen LogP contribution in [0, 0.1) is 5.92 Å². The molecule has 90 valence electrons. The van der Waals surface area contributed by atoms with E-state index in [0.29, 0.717) is 18.2 Å². The molecular weight excluding hydrogens is 226 g/mol. The number of rotatable bonds is 2. The highest BCUT2D eigenvalue weighted by Gasteiger charge is 2.27. The number of fused-ring (bicyclic) bond motifs is 1. The molecule has 2 rings (SSSR count). The van der Waals surface area contributed by atoms with Crippen molar-refractivity contribution < 1.29 is 8.42 Å². The molecule has 0 bridgehead atoms. The second-order valence-corrected chi connectivity index (χ2v) is 6.91. The van der Waals surface area contributed by atoms with E-state index in [0.717, 1.165) is 17.8 Å². The van der Waals surface area contributed by atoms with Gasteiger partial charge in [0.25, 0.3) is 0 Å². The van der Waals surface area contributed by atoms with Crippen LogP contribution in [0.2, 0.25) is 0 Å². The number of hydrogen-bond acceptors (Lipinski definition) is 4. The summed E-state index contributed by atoms with van der Waals surface area (Å²) in [7, 11) is -2.96. The van der Waals surface area contributed by atoms with E-state index in [4.69, 9.17) is 5.73 Å². The molecule has 0 amide bonds. The quantitative estimate of drug-likeness (QED) is 0.824. The second kappa shape index (κ2) is 3.76. The van der Waals surface area contributed by atoms with Gasteiger partial charge in [-0.1, -0.05) is 13.8 Å². The van der Waals surface area contributed by atoms with E-state index in [-0.39, 0.29) is 11.5 Å². The molecule has 2 N–H and O–H groups in total. The Bertz CT molecular complexity index is 502. The van der Waals surface area contributed by atoms with Crippen LogP contribution in [0.3, 0.4) is 0 Å². The van der Waals surface area contributed by atoms with Gasteiger partial charge in [-0.15, -0.1) is 0 Å². The third-order valence-corrected chi connectivity index (χ3v) is 4.29. The third-order valence-electron chi connectivity index (χ3n) is 2.76. The van der Waals surface area contributed by atoms with Crippen LogP contribution in [0.1, 0.15) is 25.1 Å². The van der Waals surface area contributed by atoms with Gasteiger partial charge >= 0.3 is 0 Å². The Morgan fingerprint density at radius 1 is 1.50 bits per heavy atom. The predicted octanol–water partition coefficient (Wildman–Crippen LogP) is 0.592. The molecule has 16 heavy (non-hydrogen) atoms. The van der Waals surface area contributed by atoms with Crippen LogP contribution in [0.15, 0.2) is 0 Å². The van der Waals surface area contributed by atoms with Crippen molar-refractivity contribution >= 4 is 15.7 Å². The smallest absolute Gasteiger partial charge is 0.156 e. The van der Waals surface area contributed by atoms with Gasteiger partial charge in [0.1, 0.15) is 5.82 Å². The number of anilines is 1. The molecule has 0 fully saturated rings. The van der Waals surface area contributed by atoms with Crippen LogP contribution in [0.25, 0.3) is 0 Å². The first-order chi connectivity index (χ1) is 7.39. The Morgan fingerprint density at radius 2 is 2.19 bits per heavy atom. The van der Waals surface area contributed by atoms with Gasteiger partial charge < -0.3 is 5.73 Å². The lowest BCUT2D eigenvalue weighted by Gasteiger charge is -2.15. The summed E-state index contributed by atoms with van der Waals surface area (Å²) >= 11 is 0. The molecule has 1 aliphatic rings. The van der Waals surface area contributed by atoms with Crippen molar-refractivity contribution in [3.05, 3.63) is 11.3 Å². The first kappa shape index (κ1) is 11.4. The first-order valence-corrected chi connectivity index (χ1v) is 7.25. The van der Waals surface area contributed by atoms with Gasteiger partial charge in [0.2, 0.25) is 0 Å². The van der Waals surface area contributed by atoms with Crippen LogP contribution in [0.4, 0.5) is 5.82 Å². The van der Waals surface area contributed by atoms with E-state index in [2.05, 4.69) is 18.9 Å². The van der Waals surface area contributed by atoms with E-state index < -0.39 is 9.84 Å². The molecule has 0 aliphatic carbocycles. The van der Waals surface area contributed by atoms with Gasteiger partial charge in [0.15, 0.2) is 9.84 Å². The lowest BCUT2D eigenvalue weighted by atomic mass is 10.1. The Morgan fingerprint density at radius 3 is 2.81 bits per heavy atom. The number of nitrogens with two attached hydrogens (primary N) is 1. The lowest BCUT2D eigenvalue weighted by molar-refractivity contribution is 0.471. The maximum atomic E-state index is 11.6. The fraction of sp³-hybridized carbons (Fsp3) is 0.700. The maximum absolute atomic E-state index is 11.6. The van der Waals surface area contributed by atoms with E-state index in [1.165, 1.54) is 0 Å². The highest BCUT2D eigenvalue weighted by Crippen LogP contribution is 2.25. The van der Waals surface area contributed by atoms with Gasteiger partial charge in [-0.2, -0.15) is 5.10 Å². The van der Waals surface area contributed by atoms with Crippen LogP contribution in [0.5, 0.6) is 0 Å². The van der Waals surface area contributed by atoms with Crippen molar-refractivity contribution in [2.24, 2.45) is 5.92 Å². The van der Waals surface area contributed by atoms with E-state index in [1.54, 1.807) is 4.68 Å². The zero-order chi connectivity index (χ0) is 11.9. The largest absolute Gasteiger partial charge is 0.382 e. The van der Waals surface area contributed by atoms with Crippen molar-refractivity contribution in [3.63, 3.8) is 0 Å². The molecule has 1 aromatic rings. The Labute approximate surface area is 95.6 Å². The molecule has 0 spiro atoms. The fourth-order valence-corrected chi connectivity index (χ4v) is 3.42. The number of nitrogen functional groups attached to an aromatic ring is 1. The van der Waals surface area contributed by atoms with Crippen LogP contribution in [-0.2, 0) is 28.6 Å². The van der Waals surface area contributed by atoms with Crippen molar-refractivity contribution in [2.75, 3.05) is 11.5 Å². The number of hydrogen-bond donors (Lipinski definition) is 1. The van der Waals surface area contributed by atoms with Gasteiger partial charge in [0, 0.05) is 12.1 Å². The number of nitrogens with zero attached hydrogens (tertiary/aromatic N) is 2. The molecular formula is C10H17N3O2S. The Hall–Kier alpha value is -1.04. The van der Waals surface area contributed by atoms with E-state index in [9.17, 15) is 8.42 Å². The van der Waals surface area contributed by atoms with Crippen LogP contribution in [-0.4, -0.2) is 24.0 Å². The molecule has 0 radical (unpaired) electrons. The summed E-state index contributed by atoms with van der Waals surface area (Å²) in [5.74, 6) is 1.19. The average molecular weight is 243 g/mol. The van der Waals surface area contributed by atoms with E-state index in [1.807, 2.05) is 0 Å². The molecule has 6 heteroatoms. The minimum absolute atomic E-state index is 0.0826. The minimum atomic E-state index is -2.96. The highest BCUT2D eigenvalue weighted by molar-refractivity contribution is 7.90. The normalized spacial score (nSPS) is 18.7. The van der Waals surface area contributed by atoms with E-state index >= 15 is 0 Å². The molecule has 0 saturated carbocycles. The average Bonchev–Trinajstić information content (AvgIpc) is 2.40. The summed E-state index contributed by atoms with van der Waals surface area (Å²) in [6.07, 6.45) is 0.502. The summed E-state index contributed by atoms with van der Waals surface area (Å²) in [5, 5.41) is 4.23. The number of aromatic nitrogens is 2. The lowest BCUT2D eigenvalue weighted by Crippen LogP contribution is -2.22. The van der Waals surface area contributed by atoms with Crippen molar-refractivity contribution in [3.8, 4) is 0 Å². The molecule has 1 aliphatic heterocycles. The van der Waals surface area contributed by atoms with Crippen molar-refractivity contribution in [1.82, 2.24) is 9.78 Å². The molecule has 0 unspecified atom stereocenters. The number of sulfone groups is 1. The van der Waals surface area contributed by atoms with Crippen LogP contribution < -0.4 is 5.73 Å². The van der Waals surface area contributed by atoms with Crippen molar-refractivity contribution in [2.45, 2.75) is 32.6 Å². The zero-order valence-electron chi connectivity index (χ0n) is 9.60. The van der Waals surface area contributed by atoms with Crippen molar-refractivity contribution in [1.29, 1.82) is 0 Å². The SMILES string of the molecule is CC(C)Cn1nc(N)c2c1CS(=O)(=O)CC2. The fourth-order valence-electron chi connectivity index (χ4n) is 2.02. The molecule has 0 aromatic carbocycles. The summed E-state index contributed by atoms with van der Waals surface area (Å²) in [4.78, 5) is 0. The van der Waals surface area contributed by atoms with Gasteiger partial charge in [-0.05, 0) is 12.3 Å². The molecule has 2 heterocycles. The summed E-state index contributed by atoms with van der Waals surface area (Å²) < 4.78 is 24.9. The second-order valence-electron chi connectivity index (χ2n) is 4.73. The maximum Gasteiger partial charge on any atom is 0.156 e. The van der Waals surface area contributed by atoms with Gasteiger partial charge in [0.05, 0.1) is 17.2 Å². The summed E-state index contributed by atoms with van der Waals surface area (Å²) in [6.45, 7) is 4.86. The predicted molar refractivity (Wildman–Crippen MR) is 62.7 cm³/mol. The minimum Gasteiger partial charge on any atom is -0.382 e. The van der Waals surface area contributed by atoms with Gasteiger partial charge in [-0.3, -0.25) is 4.68 Å². The standard InChI is InChI=1S/C10H17N3O2S/c1-7(2)5-13-9-6-16(14,15)4-3-8(9)10(11)12-13/h7H,3-6H2,1-2H3,(H2,11,12). The Balaban J connectivity index is 2.43. The monoisotopic (exact) mass is 243 g/mol. The highest BCUT2D eigenvalue weighted by atomic mass is 32.2. The van der Waals surface area contributed by atoms with Gasteiger partial charge in [-0.25, -0.2) is 8.42 Å². The third kappa shape index (κ3) is 2.07. The topological polar surface area (TPSA) is 78.0 Å². The molecule has 5 nitrogen and oxygen atoms in total. The Kier molecular flexibility index (Phi) is 2.69.